The highest BCUT2D eigenvalue weighted by Crippen LogP contribution is 2.33. The van der Waals surface area contributed by atoms with Crippen LogP contribution >= 0.6 is 23.1 Å². The molecule has 0 radical (unpaired) electrons. The summed E-state index contributed by atoms with van der Waals surface area (Å²) in [4.78, 5) is 38.9. The van der Waals surface area contributed by atoms with E-state index >= 15 is 0 Å². The minimum Gasteiger partial charge on any atom is -0.325 e. The number of aryl methyl sites for hydroxylation is 2. The Kier molecular flexibility index (Phi) is 5.06. The summed E-state index contributed by atoms with van der Waals surface area (Å²) in [5.41, 5.74) is 2.76. The van der Waals surface area contributed by atoms with Crippen molar-refractivity contribution in [1.29, 1.82) is 0 Å². The summed E-state index contributed by atoms with van der Waals surface area (Å²) >= 11 is 2.37. The maximum Gasteiger partial charge on any atom is 0.294 e. The van der Waals surface area contributed by atoms with E-state index in [-0.39, 0.29) is 6.54 Å². The molecule has 1 N–H and O–H groups in total. The summed E-state index contributed by atoms with van der Waals surface area (Å²) < 4.78 is 0. The second-order valence-electron chi connectivity index (χ2n) is 5.65. The fourth-order valence-corrected chi connectivity index (χ4v) is 4.02. The molecule has 2 heterocycles. The van der Waals surface area contributed by atoms with Crippen LogP contribution in [0.2, 0.25) is 0 Å². The van der Waals surface area contributed by atoms with E-state index in [0.717, 1.165) is 32.7 Å². The van der Waals surface area contributed by atoms with Crippen molar-refractivity contribution >= 4 is 51.9 Å². The number of thioether (sulfide) groups is 1. The van der Waals surface area contributed by atoms with Crippen LogP contribution in [-0.2, 0) is 9.59 Å². The van der Waals surface area contributed by atoms with E-state index in [9.17, 15) is 14.4 Å². The summed E-state index contributed by atoms with van der Waals surface area (Å²) in [7, 11) is 0. The van der Waals surface area contributed by atoms with Crippen molar-refractivity contribution in [1.82, 2.24) is 4.90 Å². The topological polar surface area (TPSA) is 66.5 Å². The zero-order chi connectivity index (χ0) is 18.0. The van der Waals surface area contributed by atoms with E-state index in [1.54, 1.807) is 18.2 Å². The number of rotatable bonds is 4. The van der Waals surface area contributed by atoms with E-state index in [1.807, 2.05) is 37.4 Å². The van der Waals surface area contributed by atoms with Gasteiger partial charge in [0.1, 0.15) is 6.54 Å². The molecule has 1 aromatic heterocycles. The van der Waals surface area contributed by atoms with Crippen LogP contribution in [-0.4, -0.2) is 28.5 Å². The van der Waals surface area contributed by atoms with Crippen LogP contribution in [0, 0.1) is 13.8 Å². The van der Waals surface area contributed by atoms with Crippen molar-refractivity contribution in [2.75, 3.05) is 11.9 Å². The Labute approximate surface area is 153 Å². The number of hydrogen-bond donors (Lipinski definition) is 1. The van der Waals surface area contributed by atoms with Crippen molar-refractivity contribution in [3.8, 4) is 0 Å². The second-order valence-corrected chi connectivity index (χ2v) is 7.59. The number of thiophene rings is 1. The predicted molar refractivity (Wildman–Crippen MR) is 102 cm³/mol. The van der Waals surface area contributed by atoms with Gasteiger partial charge < -0.3 is 5.32 Å². The molecule has 1 aliphatic heterocycles. The first-order valence-electron chi connectivity index (χ1n) is 7.60. The predicted octanol–water partition coefficient (Wildman–Crippen LogP) is 4.04. The molecule has 0 aliphatic carbocycles. The molecule has 1 fully saturated rings. The largest absolute Gasteiger partial charge is 0.325 e. The number of carbonyl (C=O) groups is 3. The Hall–Kier alpha value is -2.38. The molecule has 3 amide bonds. The van der Waals surface area contributed by atoms with Gasteiger partial charge in [-0.15, -0.1) is 11.3 Å². The van der Waals surface area contributed by atoms with Gasteiger partial charge in [0.25, 0.3) is 11.1 Å². The number of imide groups is 1. The summed E-state index contributed by atoms with van der Waals surface area (Å²) in [6.45, 7) is 3.61. The molecule has 0 atom stereocenters. The van der Waals surface area contributed by atoms with Crippen LogP contribution in [0.3, 0.4) is 0 Å². The van der Waals surface area contributed by atoms with Crippen LogP contribution in [0.5, 0.6) is 0 Å². The highest BCUT2D eigenvalue weighted by Gasteiger charge is 2.36. The average molecular weight is 372 g/mol. The first-order chi connectivity index (χ1) is 11.9. The Bertz CT molecular complexity index is 869. The molecule has 25 heavy (non-hydrogen) atoms. The molecule has 128 valence electrons. The summed E-state index contributed by atoms with van der Waals surface area (Å²) in [5, 5.41) is 4.20. The monoisotopic (exact) mass is 372 g/mol. The molecule has 0 spiro atoms. The van der Waals surface area contributed by atoms with Gasteiger partial charge in [-0.1, -0.05) is 17.7 Å². The minimum atomic E-state index is -0.429. The SMILES string of the molecule is Cc1ccc(NC(=O)CN2C(=O)S/C(=C\c3sccc3C)C2=O)cc1. The fraction of sp³-hybridized carbons (Fsp3) is 0.167. The summed E-state index contributed by atoms with van der Waals surface area (Å²) in [6.07, 6.45) is 1.71. The van der Waals surface area contributed by atoms with Crippen molar-refractivity contribution in [3.05, 3.63) is 56.6 Å². The Morgan fingerprint density at radius 3 is 2.52 bits per heavy atom. The Morgan fingerprint density at radius 1 is 1.16 bits per heavy atom. The molecular weight excluding hydrogens is 356 g/mol. The van der Waals surface area contributed by atoms with Gasteiger partial charge in [-0.2, -0.15) is 0 Å². The lowest BCUT2D eigenvalue weighted by molar-refractivity contribution is -0.127. The van der Waals surface area contributed by atoms with Gasteiger partial charge in [-0.3, -0.25) is 19.3 Å². The normalized spacial score (nSPS) is 15.9. The summed E-state index contributed by atoms with van der Waals surface area (Å²) in [6, 6.07) is 9.26. The average Bonchev–Trinajstić information content (AvgIpc) is 3.08. The van der Waals surface area contributed by atoms with Gasteiger partial charge in [0.15, 0.2) is 0 Å². The highest BCUT2D eigenvalue weighted by molar-refractivity contribution is 8.18. The molecule has 1 aliphatic rings. The number of benzene rings is 1. The zero-order valence-electron chi connectivity index (χ0n) is 13.7. The molecular formula is C18H16N2O3S2. The first-order valence-corrected chi connectivity index (χ1v) is 9.29. The third-order valence-corrected chi connectivity index (χ3v) is 5.55. The molecule has 0 saturated carbocycles. The maximum atomic E-state index is 12.4. The molecule has 0 bridgehead atoms. The molecule has 3 rings (SSSR count). The molecule has 0 unspecified atom stereocenters. The van der Waals surface area contributed by atoms with Crippen molar-refractivity contribution in [2.45, 2.75) is 13.8 Å². The van der Waals surface area contributed by atoms with Crippen LogP contribution in [0.25, 0.3) is 6.08 Å². The van der Waals surface area contributed by atoms with Gasteiger partial charge in [-0.05, 0) is 60.8 Å². The minimum absolute atomic E-state index is 0.292. The van der Waals surface area contributed by atoms with Gasteiger partial charge in [0, 0.05) is 10.6 Å². The van der Waals surface area contributed by atoms with Crippen molar-refractivity contribution in [3.63, 3.8) is 0 Å². The second kappa shape index (κ2) is 7.25. The number of nitrogens with one attached hydrogen (secondary N) is 1. The highest BCUT2D eigenvalue weighted by atomic mass is 32.2. The maximum absolute atomic E-state index is 12.4. The lowest BCUT2D eigenvalue weighted by Gasteiger charge is -2.12. The lowest BCUT2D eigenvalue weighted by atomic mass is 10.2. The van der Waals surface area contributed by atoms with Gasteiger partial charge in [0.05, 0.1) is 4.91 Å². The van der Waals surface area contributed by atoms with E-state index in [1.165, 1.54) is 11.3 Å². The summed E-state index contributed by atoms with van der Waals surface area (Å²) in [5.74, 6) is -0.832. The number of anilines is 1. The van der Waals surface area contributed by atoms with Gasteiger partial charge >= 0.3 is 0 Å². The standard InChI is InChI=1S/C18H16N2O3S2/c1-11-3-5-13(6-4-11)19-16(21)10-20-17(22)15(25-18(20)23)9-14-12(2)7-8-24-14/h3-9H,10H2,1-2H3,(H,19,21)/b15-9-. The number of hydrogen-bond acceptors (Lipinski definition) is 5. The van der Waals surface area contributed by atoms with E-state index in [0.29, 0.717) is 10.6 Å². The Balaban J connectivity index is 1.68. The van der Waals surface area contributed by atoms with Crippen LogP contribution in [0.4, 0.5) is 10.5 Å². The smallest absolute Gasteiger partial charge is 0.294 e. The number of amides is 3. The quantitative estimate of drug-likeness (QED) is 0.823. The molecule has 1 aromatic carbocycles. The molecule has 1 saturated heterocycles. The van der Waals surface area contributed by atoms with Crippen LogP contribution < -0.4 is 5.32 Å². The number of carbonyl (C=O) groups excluding carboxylic acids is 3. The van der Waals surface area contributed by atoms with Crippen LogP contribution in [0.15, 0.2) is 40.6 Å². The molecule has 5 nitrogen and oxygen atoms in total. The fourth-order valence-electron chi connectivity index (χ4n) is 2.27. The lowest BCUT2D eigenvalue weighted by Crippen LogP contribution is -2.36. The Morgan fingerprint density at radius 2 is 1.88 bits per heavy atom. The van der Waals surface area contributed by atoms with E-state index < -0.39 is 17.1 Å². The van der Waals surface area contributed by atoms with Crippen molar-refractivity contribution in [2.24, 2.45) is 0 Å². The van der Waals surface area contributed by atoms with E-state index in [4.69, 9.17) is 0 Å². The third-order valence-electron chi connectivity index (χ3n) is 3.67. The zero-order valence-corrected chi connectivity index (χ0v) is 15.4. The first kappa shape index (κ1) is 17.4. The third kappa shape index (κ3) is 4.00. The van der Waals surface area contributed by atoms with Crippen LogP contribution in [0.1, 0.15) is 16.0 Å². The van der Waals surface area contributed by atoms with Gasteiger partial charge in [-0.25, -0.2) is 0 Å². The molecule has 7 heteroatoms. The van der Waals surface area contributed by atoms with E-state index in [2.05, 4.69) is 5.32 Å². The van der Waals surface area contributed by atoms with Crippen molar-refractivity contribution < 1.29 is 14.4 Å². The number of nitrogens with zero attached hydrogens (tertiary/aromatic N) is 1. The van der Waals surface area contributed by atoms with Gasteiger partial charge in [0.2, 0.25) is 5.91 Å². The molecule has 2 aromatic rings.